The molecule has 16 heavy (non-hydrogen) atoms. The molecule has 0 amide bonds. The normalized spacial score (nSPS) is 10.1. The van der Waals surface area contributed by atoms with Gasteiger partial charge in [-0.15, -0.1) is 0 Å². The smallest absolute Gasteiger partial charge is 0.153 e. The minimum atomic E-state index is 0.682. The van der Waals surface area contributed by atoms with E-state index in [1.165, 1.54) is 0 Å². The lowest BCUT2D eigenvalue weighted by Gasteiger charge is -2.12. The maximum Gasteiger partial charge on any atom is 0.153 e. The van der Waals surface area contributed by atoms with E-state index in [1.54, 1.807) is 0 Å². The van der Waals surface area contributed by atoms with Gasteiger partial charge in [0.15, 0.2) is 5.75 Å². The summed E-state index contributed by atoms with van der Waals surface area (Å²) in [6.45, 7) is 4.03. The number of para-hydroxylation sites is 1. The minimum Gasteiger partial charge on any atom is -0.455 e. The summed E-state index contributed by atoms with van der Waals surface area (Å²) in [7, 11) is 0. The van der Waals surface area contributed by atoms with Crippen LogP contribution in [0.15, 0.2) is 42.5 Å². The third-order valence-corrected chi connectivity index (χ3v) is 2.41. The molecule has 0 spiro atoms. The average molecular weight is 213 g/mol. The van der Waals surface area contributed by atoms with Crippen LogP contribution in [-0.4, -0.2) is 0 Å². The van der Waals surface area contributed by atoms with Crippen LogP contribution in [0.5, 0.6) is 11.5 Å². The number of anilines is 1. The van der Waals surface area contributed by atoms with E-state index in [4.69, 9.17) is 10.5 Å². The maximum atomic E-state index is 5.95. The topological polar surface area (TPSA) is 35.2 Å². The lowest BCUT2D eigenvalue weighted by atomic mass is 10.1. The Morgan fingerprint density at radius 1 is 1.00 bits per heavy atom. The van der Waals surface area contributed by atoms with Crippen LogP contribution in [0.3, 0.4) is 0 Å². The molecule has 0 atom stereocenters. The number of nitrogens with two attached hydrogens (primary N) is 1. The molecule has 0 aromatic heterocycles. The van der Waals surface area contributed by atoms with Crippen LogP contribution in [0.2, 0.25) is 0 Å². The summed E-state index contributed by atoms with van der Waals surface area (Å²) in [6, 6.07) is 13.7. The van der Waals surface area contributed by atoms with Crippen molar-refractivity contribution in [1.82, 2.24) is 0 Å². The number of ether oxygens (including phenoxy) is 1. The van der Waals surface area contributed by atoms with Crippen LogP contribution >= 0.6 is 0 Å². The Morgan fingerprint density at radius 3 is 2.31 bits per heavy atom. The van der Waals surface area contributed by atoms with E-state index in [0.29, 0.717) is 5.69 Å². The Kier molecular flexibility index (Phi) is 2.82. The molecule has 0 radical (unpaired) electrons. The number of aryl methyl sites for hydroxylation is 2. The van der Waals surface area contributed by atoms with E-state index >= 15 is 0 Å². The van der Waals surface area contributed by atoms with E-state index < -0.39 is 0 Å². The van der Waals surface area contributed by atoms with Crippen molar-refractivity contribution in [2.75, 3.05) is 5.73 Å². The van der Waals surface area contributed by atoms with Gasteiger partial charge in [-0.1, -0.05) is 24.3 Å². The van der Waals surface area contributed by atoms with Crippen molar-refractivity contribution in [3.63, 3.8) is 0 Å². The van der Waals surface area contributed by atoms with Gasteiger partial charge in [-0.25, -0.2) is 0 Å². The van der Waals surface area contributed by atoms with Gasteiger partial charge in [0.25, 0.3) is 0 Å². The molecule has 2 heteroatoms. The van der Waals surface area contributed by atoms with Crippen LogP contribution in [0, 0.1) is 13.8 Å². The van der Waals surface area contributed by atoms with Gasteiger partial charge in [0.2, 0.25) is 0 Å². The first kappa shape index (κ1) is 10.6. The molecular formula is C14H15NO. The molecule has 2 nitrogen and oxygen atoms in total. The van der Waals surface area contributed by atoms with Crippen molar-refractivity contribution in [3.8, 4) is 11.5 Å². The van der Waals surface area contributed by atoms with Gasteiger partial charge in [0.05, 0.1) is 5.69 Å². The predicted molar refractivity (Wildman–Crippen MR) is 66.8 cm³/mol. The summed E-state index contributed by atoms with van der Waals surface area (Å²) in [5.41, 5.74) is 8.83. The van der Waals surface area contributed by atoms with Crippen molar-refractivity contribution in [1.29, 1.82) is 0 Å². The first-order valence-corrected chi connectivity index (χ1v) is 5.26. The van der Waals surface area contributed by atoms with Crippen LogP contribution in [0.1, 0.15) is 11.1 Å². The van der Waals surface area contributed by atoms with Crippen molar-refractivity contribution in [2.24, 2.45) is 0 Å². The summed E-state index contributed by atoms with van der Waals surface area (Å²) in [6.07, 6.45) is 0. The number of nitrogen functional groups attached to an aromatic ring is 1. The van der Waals surface area contributed by atoms with E-state index in [1.807, 2.05) is 50.2 Å². The second-order valence-electron chi connectivity index (χ2n) is 3.92. The van der Waals surface area contributed by atoms with E-state index in [0.717, 1.165) is 22.6 Å². The molecule has 0 fully saturated rings. The van der Waals surface area contributed by atoms with Gasteiger partial charge < -0.3 is 10.5 Å². The molecule has 2 aromatic rings. The average Bonchev–Trinajstić information content (AvgIpc) is 2.25. The Labute approximate surface area is 95.7 Å². The second-order valence-corrected chi connectivity index (χ2v) is 3.92. The largest absolute Gasteiger partial charge is 0.455 e. The lowest BCUT2D eigenvalue weighted by Crippen LogP contribution is -1.95. The van der Waals surface area contributed by atoms with Gasteiger partial charge in [0, 0.05) is 0 Å². The van der Waals surface area contributed by atoms with Crippen LogP contribution in [0.4, 0.5) is 5.69 Å². The van der Waals surface area contributed by atoms with Gasteiger partial charge >= 0.3 is 0 Å². The van der Waals surface area contributed by atoms with E-state index in [-0.39, 0.29) is 0 Å². The van der Waals surface area contributed by atoms with Crippen molar-refractivity contribution in [2.45, 2.75) is 13.8 Å². The summed E-state index contributed by atoms with van der Waals surface area (Å²) in [5, 5.41) is 0. The third-order valence-electron chi connectivity index (χ3n) is 2.41. The summed E-state index contributed by atoms with van der Waals surface area (Å²) in [5.74, 6) is 1.55. The zero-order valence-corrected chi connectivity index (χ0v) is 9.53. The zero-order valence-electron chi connectivity index (χ0n) is 9.53. The van der Waals surface area contributed by atoms with Gasteiger partial charge in [-0.2, -0.15) is 0 Å². The molecule has 2 aromatic carbocycles. The van der Waals surface area contributed by atoms with Crippen LogP contribution in [-0.2, 0) is 0 Å². The summed E-state index contributed by atoms with van der Waals surface area (Å²) in [4.78, 5) is 0. The molecule has 0 aliphatic heterocycles. The Balaban J connectivity index is 2.35. The highest BCUT2D eigenvalue weighted by Crippen LogP contribution is 2.31. The molecule has 82 valence electrons. The Hall–Kier alpha value is -1.96. The fourth-order valence-electron chi connectivity index (χ4n) is 1.73. The van der Waals surface area contributed by atoms with Crippen molar-refractivity contribution >= 4 is 5.69 Å². The minimum absolute atomic E-state index is 0.682. The summed E-state index contributed by atoms with van der Waals surface area (Å²) >= 11 is 0. The third kappa shape index (κ3) is 2.16. The standard InChI is InChI=1S/C14H15NO/c1-10-8-11(2)14(13(15)9-10)16-12-6-4-3-5-7-12/h3-9H,15H2,1-2H3. The maximum absolute atomic E-state index is 5.95. The zero-order chi connectivity index (χ0) is 11.5. The SMILES string of the molecule is Cc1cc(C)c(Oc2ccccc2)c(N)c1. The number of rotatable bonds is 2. The van der Waals surface area contributed by atoms with Gasteiger partial charge in [-0.3, -0.25) is 0 Å². The Bertz CT molecular complexity index is 468. The Morgan fingerprint density at radius 2 is 1.69 bits per heavy atom. The molecular weight excluding hydrogens is 198 g/mol. The van der Waals surface area contributed by atoms with Crippen molar-refractivity contribution in [3.05, 3.63) is 53.6 Å². The predicted octanol–water partition coefficient (Wildman–Crippen LogP) is 3.68. The molecule has 0 unspecified atom stereocenters. The molecule has 2 N–H and O–H groups in total. The van der Waals surface area contributed by atoms with Gasteiger partial charge in [-0.05, 0) is 43.2 Å². The number of hydrogen-bond acceptors (Lipinski definition) is 2. The van der Waals surface area contributed by atoms with Crippen molar-refractivity contribution < 1.29 is 4.74 Å². The molecule has 0 saturated heterocycles. The van der Waals surface area contributed by atoms with Gasteiger partial charge in [0.1, 0.15) is 5.75 Å². The quantitative estimate of drug-likeness (QED) is 0.772. The number of hydrogen-bond donors (Lipinski definition) is 1. The highest BCUT2D eigenvalue weighted by atomic mass is 16.5. The molecule has 0 bridgehead atoms. The lowest BCUT2D eigenvalue weighted by molar-refractivity contribution is 0.481. The highest BCUT2D eigenvalue weighted by Gasteiger charge is 2.06. The van der Waals surface area contributed by atoms with Crippen LogP contribution in [0.25, 0.3) is 0 Å². The van der Waals surface area contributed by atoms with E-state index in [2.05, 4.69) is 6.07 Å². The molecule has 2 rings (SSSR count). The fourth-order valence-corrected chi connectivity index (χ4v) is 1.73. The summed E-state index contributed by atoms with van der Waals surface area (Å²) < 4.78 is 5.77. The first-order chi connectivity index (χ1) is 7.66. The monoisotopic (exact) mass is 213 g/mol. The first-order valence-electron chi connectivity index (χ1n) is 5.26. The highest BCUT2D eigenvalue weighted by molar-refractivity contribution is 5.59. The molecule has 0 aliphatic rings. The molecule has 0 saturated carbocycles. The molecule has 0 aliphatic carbocycles. The number of benzene rings is 2. The fraction of sp³-hybridized carbons (Fsp3) is 0.143. The van der Waals surface area contributed by atoms with E-state index in [9.17, 15) is 0 Å². The molecule has 0 heterocycles. The second kappa shape index (κ2) is 4.27. The van der Waals surface area contributed by atoms with Crippen LogP contribution < -0.4 is 10.5 Å².